The van der Waals surface area contributed by atoms with Crippen molar-refractivity contribution in [3.63, 3.8) is 0 Å². The number of aliphatic hydroxyl groups is 1. The number of nitrogens with two attached hydrogens (primary N) is 1. The Bertz CT molecular complexity index is 3560. The predicted octanol–water partition coefficient (Wildman–Crippen LogP) is -3.92. The number of aromatic nitrogens is 1. The molecule has 1 saturated heterocycles. The number of fused-ring (bicyclic) bond motifs is 1. The molecular weight excluding hydrogens is 1280 g/mol. The van der Waals surface area contributed by atoms with Gasteiger partial charge >= 0.3 is 28.3 Å². The second-order valence-electron chi connectivity index (χ2n) is 21.5. The number of aliphatic carboxylic acids is 3. The quantitative estimate of drug-likeness (QED) is 0.0191. The van der Waals surface area contributed by atoms with Crippen LogP contribution in [0, 0.1) is 0 Å². The summed E-state index contributed by atoms with van der Waals surface area (Å²) < 4.78 is 36.3. The van der Waals surface area contributed by atoms with Gasteiger partial charge in [-0.1, -0.05) is 60.7 Å². The Balaban J connectivity index is 1.36. The zero-order chi connectivity index (χ0) is 69.4. The lowest BCUT2D eigenvalue weighted by atomic mass is 10.0. The van der Waals surface area contributed by atoms with E-state index < -0.39 is 198 Å². The maximum Gasteiger partial charge on any atom is 0.446 e. The number of rotatable bonds is 38. The molecule has 3 aromatic carbocycles. The molecule has 5 rings (SSSR count). The Hall–Kier alpha value is -10.2. The summed E-state index contributed by atoms with van der Waals surface area (Å²) in [6, 6.07) is 4.18. The summed E-state index contributed by atoms with van der Waals surface area (Å²) in [5.41, 5.74) is 6.97. The minimum atomic E-state index is -5.02. The molecule has 508 valence electrons. The number of para-hydroxylation sites is 1. The van der Waals surface area contributed by atoms with E-state index in [1.165, 1.54) is 11.8 Å². The lowest BCUT2D eigenvalue weighted by Gasteiger charge is -2.27. The highest BCUT2D eigenvalue weighted by Crippen LogP contribution is 2.21. The van der Waals surface area contributed by atoms with Crippen LogP contribution in [0.3, 0.4) is 0 Å². The number of amides is 11. The van der Waals surface area contributed by atoms with Crippen molar-refractivity contribution in [1.82, 2.24) is 58.2 Å². The predicted molar refractivity (Wildman–Crippen MR) is 329 cm³/mol. The van der Waals surface area contributed by atoms with Crippen LogP contribution < -0.4 is 63.1 Å². The van der Waals surface area contributed by atoms with E-state index in [0.717, 1.165) is 31.2 Å². The van der Waals surface area contributed by atoms with Crippen molar-refractivity contribution in [2.45, 2.75) is 132 Å². The van der Waals surface area contributed by atoms with Crippen molar-refractivity contribution in [2.24, 2.45) is 5.73 Å². The largest absolute Gasteiger partial charge is 0.481 e. The summed E-state index contributed by atoms with van der Waals surface area (Å²) in [5, 5.41) is 64.2. The molecule has 10 atom stereocenters. The van der Waals surface area contributed by atoms with Gasteiger partial charge in [0.1, 0.15) is 60.1 Å². The Morgan fingerprint density at radius 3 is 1.69 bits per heavy atom. The first-order valence-electron chi connectivity index (χ1n) is 28.9. The molecule has 0 aliphatic carbocycles. The monoisotopic (exact) mass is 1350 g/mol. The highest BCUT2D eigenvalue weighted by Gasteiger charge is 2.37. The molecule has 1 fully saturated rings. The first-order valence-corrected chi connectivity index (χ1v) is 31.6. The number of thioether (sulfide) groups is 1. The molecule has 1 aromatic heterocycles. The van der Waals surface area contributed by atoms with Crippen LogP contribution in [0.5, 0.6) is 5.75 Å². The number of aromatic amines is 1. The molecule has 0 unspecified atom stereocenters. The standard InChI is InChI=1S/C58H72N12O22S2/c1-29(71)49(70-56(85)39(22-31-12-14-33(15-13-31)92-94(89,90)91)66-54(83)41(25-47(75)76)67-51(80)37(16-18-44(59)72)64-50(79)36-17-19-45(73)62-36)57(86)61-28-46(74)63-40(24-32-27-60-35-11-7-6-10-34(32)35)53(82)65-38(20-21-93-2)52(81)68-42(26-48(77)78)55(84)69-43(58(87)88)23-30-8-4-3-5-9-30/h3-15,27,29,36-43,49,60,71H,16-26,28H2,1-2H3,(H2,59,72)(H,61,86)(H,62,73)(H,63,74)(H,64,79)(H,65,82)(H,66,83)(H,67,80)(H,68,81)(H,69,84)(H,70,85)(H,75,76)(H,77,78)(H,87,88)(H,89,90,91)/t29-,36+,37+,38+,39+,40+,41+,42+,43+,49+/m1/s1. The lowest BCUT2D eigenvalue weighted by molar-refractivity contribution is -0.144. The molecule has 18 N–H and O–H groups in total. The molecule has 11 amide bonds. The number of H-pyrrole nitrogens is 1. The zero-order valence-corrected chi connectivity index (χ0v) is 52.0. The second kappa shape index (κ2) is 35.6. The van der Waals surface area contributed by atoms with Crippen molar-refractivity contribution in [3.05, 3.63) is 102 Å². The van der Waals surface area contributed by atoms with Crippen LogP contribution in [-0.4, -0.2) is 200 Å². The number of carbonyl (C=O) groups is 14. The molecule has 0 bridgehead atoms. The normalized spacial score (nSPS) is 15.6. The maximum atomic E-state index is 14.4. The molecule has 1 aliphatic heterocycles. The first kappa shape index (κ1) is 74.5. The van der Waals surface area contributed by atoms with Gasteiger partial charge in [0.15, 0.2) is 0 Å². The molecule has 34 nitrogen and oxygen atoms in total. The maximum absolute atomic E-state index is 14.4. The fourth-order valence-corrected chi connectivity index (χ4v) is 10.3. The number of aliphatic hydroxyl groups excluding tert-OH is 1. The van der Waals surface area contributed by atoms with Crippen LogP contribution in [0.2, 0.25) is 0 Å². The summed E-state index contributed by atoms with van der Waals surface area (Å²) in [6.07, 6.45) is -2.96. The van der Waals surface area contributed by atoms with Gasteiger partial charge in [0.25, 0.3) is 0 Å². The van der Waals surface area contributed by atoms with Gasteiger partial charge in [-0.15, -0.1) is 0 Å². The van der Waals surface area contributed by atoms with Crippen molar-refractivity contribution in [1.29, 1.82) is 0 Å². The van der Waals surface area contributed by atoms with E-state index in [-0.39, 0.29) is 43.4 Å². The molecule has 0 saturated carbocycles. The fourth-order valence-electron chi connectivity index (χ4n) is 9.48. The van der Waals surface area contributed by atoms with Gasteiger partial charge in [0.05, 0.1) is 25.5 Å². The van der Waals surface area contributed by atoms with Crippen LogP contribution in [0.4, 0.5) is 0 Å². The number of hydrogen-bond acceptors (Lipinski definition) is 19. The van der Waals surface area contributed by atoms with Crippen molar-refractivity contribution in [3.8, 4) is 5.75 Å². The van der Waals surface area contributed by atoms with Gasteiger partial charge in [0.2, 0.25) is 65.0 Å². The summed E-state index contributed by atoms with van der Waals surface area (Å²) >= 11 is 1.24. The minimum Gasteiger partial charge on any atom is -0.481 e. The number of carbonyl (C=O) groups excluding carboxylic acids is 11. The summed E-state index contributed by atoms with van der Waals surface area (Å²) in [5.74, 6) is -16.6. The Morgan fingerprint density at radius 1 is 0.628 bits per heavy atom. The Morgan fingerprint density at radius 2 is 1.14 bits per heavy atom. The third kappa shape index (κ3) is 24.4. The van der Waals surface area contributed by atoms with E-state index >= 15 is 0 Å². The number of hydrogen-bond donors (Lipinski definition) is 17. The van der Waals surface area contributed by atoms with E-state index in [0.29, 0.717) is 22.0 Å². The molecule has 0 radical (unpaired) electrons. The fraction of sp³-hybridized carbons (Fsp3) is 0.414. The number of nitrogens with one attached hydrogen (secondary N) is 11. The summed E-state index contributed by atoms with van der Waals surface area (Å²) in [4.78, 5) is 188. The van der Waals surface area contributed by atoms with Crippen LogP contribution in [0.25, 0.3) is 10.9 Å². The average molecular weight is 1350 g/mol. The average Bonchev–Trinajstić information content (AvgIpc) is 1.51. The molecule has 36 heteroatoms. The molecular formula is C58H72N12O22S2. The van der Waals surface area contributed by atoms with Crippen LogP contribution in [0.15, 0.2) is 85.1 Å². The summed E-state index contributed by atoms with van der Waals surface area (Å²) in [7, 11) is -5.02. The Kier molecular flexibility index (Phi) is 28.2. The van der Waals surface area contributed by atoms with E-state index in [9.17, 15) is 96.0 Å². The van der Waals surface area contributed by atoms with Crippen molar-refractivity contribution in [2.75, 3.05) is 18.6 Å². The van der Waals surface area contributed by atoms with Crippen molar-refractivity contribution >= 4 is 116 Å². The third-order valence-corrected chi connectivity index (χ3v) is 15.3. The molecule has 0 spiro atoms. The number of carboxylic acid groups (broad SMARTS) is 3. The summed E-state index contributed by atoms with van der Waals surface area (Å²) in [6.45, 7) is 0.0589. The van der Waals surface area contributed by atoms with Gasteiger partial charge in [0, 0.05) is 49.2 Å². The molecule has 1 aliphatic rings. The van der Waals surface area contributed by atoms with Gasteiger partial charge < -0.3 is 88.5 Å². The van der Waals surface area contributed by atoms with Gasteiger partial charge in [-0.3, -0.25) is 66.9 Å². The molecule has 2 heterocycles. The van der Waals surface area contributed by atoms with E-state index in [2.05, 4.69) is 62.3 Å². The van der Waals surface area contributed by atoms with Crippen LogP contribution >= 0.6 is 11.8 Å². The Labute approximate surface area is 540 Å². The van der Waals surface area contributed by atoms with Gasteiger partial charge in [-0.2, -0.15) is 20.2 Å². The lowest BCUT2D eigenvalue weighted by Crippen LogP contribution is -2.61. The second-order valence-corrected chi connectivity index (χ2v) is 23.5. The number of carboxylic acids is 3. The third-order valence-electron chi connectivity index (χ3n) is 14.2. The topological polar surface area (TPSA) is 546 Å². The smallest absolute Gasteiger partial charge is 0.446 e. The van der Waals surface area contributed by atoms with Crippen molar-refractivity contribution < 1.29 is 105 Å². The zero-order valence-electron chi connectivity index (χ0n) is 50.4. The van der Waals surface area contributed by atoms with Crippen LogP contribution in [0.1, 0.15) is 68.6 Å². The molecule has 94 heavy (non-hydrogen) atoms. The minimum absolute atomic E-state index is 0.0245. The highest BCUT2D eigenvalue weighted by molar-refractivity contribution is 7.98. The van der Waals surface area contributed by atoms with E-state index in [4.69, 9.17) is 10.3 Å². The SMILES string of the molecule is CSCC[C@H](NC(=O)[C@H](Cc1c[nH]c2ccccc12)NC(=O)CNC(=O)[C@@H](NC(=O)[C@H](Cc1ccc(OS(=O)(=O)O)cc1)NC(=O)[C@H](CC(=O)O)NC(=O)[C@H](CCC(N)=O)NC(=O)[C@@H]1CCC(=O)N1)[C@@H](C)O)C(=O)N[C@@H](CC(=O)O)C(=O)N[C@@H](Cc1ccccc1)C(=O)O. The molecule has 4 aromatic rings. The van der Waals surface area contributed by atoms with Crippen LogP contribution in [-0.2, 0) is 96.8 Å². The van der Waals surface area contributed by atoms with E-state index in [1.54, 1.807) is 67.0 Å². The highest BCUT2D eigenvalue weighted by atomic mass is 32.3. The van der Waals surface area contributed by atoms with Gasteiger partial charge in [-0.05, 0) is 73.1 Å². The number of benzene rings is 3. The first-order chi connectivity index (χ1) is 44.4. The van der Waals surface area contributed by atoms with Gasteiger partial charge in [-0.25, -0.2) is 4.79 Å². The number of primary amides is 1. The van der Waals surface area contributed by atoms with E-state index in [1.807, 2.05) is 0 Å².